The molecule has 2 rings (SSSR count). The maximum atomic E-state index is 13.1. The summed E-state index contributed by atoms with van der Waals surface area (Å²) in [6.45, 7) is 3.74. The van der Waals surface area contributed by atoms with Crippen molar-refractivity contribution in [2.24, 2.45) is 0 Å². The molecule has 0 fully saturated rings. The minimum absolute atomic E-state index is 0.0131. The summed E-state index contributed by atoms with van der Waals surface area (Å²) < 4.78 is 54.8. The number of anilines is 1. The van der Waals surface area contributed by atoms with E-state index in [2.05, 4.69) is 10.5 Å². The van der Waals surface area contributed by atoms with Gasteiger partial charge in [-0.3, -0.25) is 10.1 Å². The summed E-state index contributed by atoms with van der Waals surface area (Å²) in [4.78, 5) is 11.3. The molecule has 0 aliphatic heterocycles. The summed E-state index contributed by atoms with van der Waals surface area (Å²) in [5.41, 5.74) is 0.601. The fourth-order valence-corrected chi connectivity index (χ4v) is 2.86. The molecule has 23 heavy (non-hydrogen) atoms. The highest BCUT2D eigenvalue weighted by molar-refractivity contribution is 7.92. The summed E-state index contributed by atoms with van der Waals surface area (Å²) in [5.74, 6) is -4.19. The van der Waals surface area contributed by atoms with Gasteiger partial charge in [-0.25, -0.2) is 17.2 Å². The Balaban J connectivity index is 2.10. The van der Waals surface area contributed by atoms with Gasteiger partial charge in [0.25, 0.3) is 0 Å². The number of sulfone groups is 1. The molecule has 0 radical (unpaired) electrons. The van der Waals surface area contributed by atoms with Crippen molar-refractivity contribution >= 4 is 21.6 Å². The molecule has 0 unspecified atom stereocenters. The van der Waals surface area contributed by atoms with Gasteiger partial charge in [0.15, 0.2) is 21.5 Å². The normalized spacial score (nSPS) is 11.7. The molecule has 0 saturated heterocycles. The average Bonchev–Trinajstić information content (AvgIpc) is 2.89. The summed E-state index contributed by atoms with van der Waals surface area (Å²) in [5, 5.41) is 5.97. The van der Waals surface area contributed by atoms with Crippen LogP contribution in [-0.2, 0) is 14.6 Å². The van der Waals surface area contributed by atoms with Crippen LogP contribution >= 0.6 is 0 Å². The first-order valence-electron chi connectivity index (χ1n) is 6.63. The van der Waals surface area contributed by atoms with Crippen molar-refractivity contribution in [2.75, 3.05) is 11.1 Å². The molecular formula is C14H14F2N2O4S. The van der Waals surface area contributed by atoms with Gasteiger partial charge in [-0.1, -0.05) is 19.0 Å². The highest BCUT2D eigenvalue weighted by Crippen LogP contribution is 2.18. The van der Waals surface area contributed by atoms with E-state index in [9.17, 15) is 22.0 Å². The first-order valence-corrected chi connectivity index (χ1v) is 8.28. The molecule has 1 heterocycles. The van der Waals surface area contributed by atoms with Gasteiger partial charge in [0.05, 0.1) is 10.6 Å². The zero-order valence-electron chi connectivity index (χ0n) is 12.3. The number of hydrogen-bond donors (Lipinski definition) is 1. The smallest absolute Gasteiger partial charge is 0.242 e. The van der Waals surface area contributed by atoms with Gasteiger partial charge in [0.1, 0.15) is 5.75 Å². The van der Waals surface area contributed by atoms with Crippen molar-refractivity contribution in [2.45, 2.75) is 24.7 Å². The summed E-state index contributed by atoms with van der Waals surface area (Å²) in [7, 11) is -4.11. The third-order valence-electron chi connectivity index (χ3n) is 2.95. The average molecular weight is 344 g/mol. The van der Waals surface area contributed by atoms with Gasteiger partial charge >= 0.3 is 0 Å². The molecule has 1 amide bonds. The number of hydrogen-bond acceptors (Lipinski definition) is 5. The van der Waals surface area contributed by atoms with E-state index in [0.717, 1.165) is 6.07 Å². The van der Waals surface area contributed by atoms with E-state index in [4.69, 9.17) is 4.52 Å². The molecule has 1 aromatic heterocycles. The van der Waals surface area contributed by atoms with Gasteiger partial charge in [-0.15, -0.1) is 0 Å². The zero-order valence-corrected chi connectivity index (χ0v) is 13.2. The lowest BCUT2D eigenvalue weighted by molar-refractivity contribution is -0.114. The Morgan fingerprint density at radius 2 is 1.96 bits per heavy atom. The lowest BCUT2D eigenvalue weighted by atomic mass is 10.1. The quantitative estimate of drug-likeness (QED) is 0.842. The molecular weight excluding hydrogens is 330 g/mol. The predicted molar refractivity (Wildman–Crippen MR) is 77.6 cm³/mol. The van der Waals surface area contributed by atoms with Crippen LogP contribution in [0, 0.1) is 11.6 Å². The van der Waals surface area contributed by atoms with Crippen molar-refractivity contribution in [3.63, 3.8) is 0 Å². The Bertz CT molecular complexity index is 831. The molecule has 1 aromatic carbocycles. The van der Waals surface area contributed by atoms with Crippen LogP contribution in [0.3, 0.4) is 0 Å². The van der Waals surface area contributed by atoms with Crippen LogP contribution in [0.25, 0.3) is 0 Å². The molecule has 124 valence electrons. The second kappa shape index (κ2) is 6.45. The highest BCUT2D eigenvalue weighted by atomic mass is 32.2. The molecule has 2 aromatic rings. The van der Waals surface area contributed by atoms with E-state index in [1.54, 1.807) is 0 Å². The largest absolute Gasteiger partial charge is 0.338 e. The van der Waals surface area contributed by atoms with Gasteiger partial charge in [-0.2, -0.15) is 0 Å². The number of carbonyl (C=O) groups is 1. The molecule has 6 nitrogen and oxygen atoms in total. The van der Waals surface area contributed by atoms with E-state index in [1.165, 1.54) is 6.07 Å². The Hall–Kier alpha value is -2.29. The maximum Gasteiger partial charge on any atom is 0.242 e. The number of nitrogens with zero attached hydrogens (tertiary/aromatic N) is 1. The zero-order chi connectivity index (χ0) is 17.2. The topological polar surface area (TPSA) is 89.3 Å². The van der Waals surface area contributed by atoms with Crippen LogP contribution < -0.4 is 5.32 Å². The summed E-state index contributed by atoms with van der Waals surface area (Å²) in [6.07, 6.45) is 0. The van der Waals surface area contributed by atoms with Crippen molar-refractivity contribution in [3.05, 3.63) is 41.6 Å². The summed E-state index contributed by atoms with van der Waals surface area (Å²) >= 11 is 0. The number of halogens is 2. The minimum Gasteiger partial charge on any atom is -0.338 e. The van der Waals surface area contributed by atoms with E-state index < -0.39 is 38.0 Å². The van der Waals surface area contributed by atoms with E-state index >= 15 is 0 Å². The lowest BCUT2D eigenvalue weighted by Crippen LogP contribution is -2.23. The first-order chi connectivity index (χ1) is 10.7. The number of carbonyl (C=O) groups excluding carboxylic acids is 1. The van der Waals surface area contributed by atoms with Gasteiger partial charge in [0, 0.05) is 6.07 Å². The first kappa shape index (κ1) is 17.1. The Kier molecular flexibility index (Phi) is 4.79. The number of aromatic nitrogens is 1. The van der Waals surface area contributed by atoms with Gasteiger partial charge in [0.2, 0.25) is 11.8 Å². The Morgan fingerprint density at radius 3 is 2.52 bits per heavy atom. The molecule has 0 bridgehead atoms. The van der Waals surface area contributed by atoms with Crippen LogP contribution in [-0.4, -0.2) is 25.2 Å². The molecule has 0 atom stereocenters. The second-order valence-corrected chi connectivity index (χ2v) is 7.14. The highest BCUT2D eigenvalue weighted by Gasteiger charge is 2.22. The van der Waals surface area contributed by atoms with Crippen LogP contribution in [0.4, 0.5) is 14.7 Å². The fraction of sp³-hybridized carbons (Fsp3) is 0.286. The molecule has 0 saturated carbocycles. The minimum atomic E-state index is -4.11. The molecule has 0 spiro atoms. The van der Waals surface area contributed by atoms with Crippen molar-refractivity contribution in [1.29, 1.82) is 0 Å². The molecule has 0 aliphatic rings. The van der Waals surface area contributed by atoms with E-state index in [1.807, 2.05) is 13.8 Å². The van der Waals surface area contributed by atoms with Gasteiger partial charge < -0.3 is 4.52 Å². The van der Waals surface area contributed by atoms with E-state index in [0.29, 0.717) is 17.8 Å². The standard InChI is InChI=1S/C14H14F2N2O4S/c1-8(2)12-6-14(22-18-12)17-13(19)7-23(20,21)9-3-4-10(15)11(16)5-9/h3-6,8H,7H2,1-2H3,(H,17,19). The monoisotopic (exact) mass is 344 g/mol. The SMILES string of the molecule is CC(C)c1cc(NC(=O)CS(=O)(=O)c2ccc(F)c(F)c2)on1. The van der Waals surface area contributed by atoms with Crippen LogP contribution in [0.2, 0.25) is 0 Å². The van der Waals surface area contributed by atoms with E-state index in [-0.39, 0.29) is 11.8 Å². The number of benzene rings is 1. The lowest BCUT2D eigenvalue weighted by Gasteiger charge is -2.04. The van der Waals surface area contributed by atoms with Crippen molar-refractivity contribution in [3.8, 4) is 0 Å². The second-order valence-electron chi connectivity index (χ2n) is 5.15. The van der Waals surface area contributed by atoms with Crippen LogP contribution in [0.15, 0.2) is 33.7 Å². The number of rotatable bonds is 5. The molecule has 1 N–H and O–H groups in total. The fourth-order valence-electron chi connectivity index (χ4n) is 1.72. The Morgan fingerprint density at radius 1 is 1.26 bits per heavy atom. The maximum absolute atomic E-state index is 13.1. The van der Waals surface area contributed by atoms with Crippen molar-refractivity contribution < 1.29 is 26.5 Å². The van der Waals surface area contributed by atoms with Crippen LogP contribution in [0.1, 0.15) is 25.5 Å². The Labute approximate surface area is 131 Å². The molecule has 0 aliphatic carbocycles. The number of amides is 1. The van der Waals surface area contributed by atoms with Crippen molar-refractivity contribution in [1.82, 2.24) is 5.16 Å². The third kappa shape index (κ3) is 4.13. The third-order valence-corrected chi connectivity index (χ3v) is 4.57. The van der Waals surface area contributed by atoms with Crippen LogP contribution in [0.5, 0.6) is 0 Å². The van der Waals surface area contributed by atoms with Gasteiger partial charge in [-0.05, 0) is 24.1 Å². The molecule has 9 heteroatoms. The number of nitrogens with one attached hydrogen (secondary N) is 1. The summed E-state index contributed by atoms with van der Waals surface area (Å²) in [6, 6.07) is 3.59. The predicted octanol–water partition coefficient (Wildman–Crippen LogP) is 2.49.